The van der Waals surface area contributed by atoms with Crippen LogP contribution in [0.1, 0.15) is 51.1 Å². The minimum Gasteiger partial charge on any atom is -0.335 e. The molecule has 0 heterocycles. The van der Waals surface area contributed by atoms with Crippen LogP contribution in [0.5, 0.6) is 0 Å². The molecule has 126 valence electrons. The second-order valence-corrected chi connectivity index (χ2v) is 6.62. The monoisotopic (exact) mass is 318 g/mol. The Kier molecular flexibility index (Phi) is 6.59. The van der Waals surface area contributed by atoms with Crippen LogP contribution < -0.4 is 16.0 Å². The molecule has 1 aromatic rings. The highest BCUT2D eigenvalue weighted by Crippen LogP contribution is 2.17. The van der Waals surface area contributed by atoms with Gasteiger partial charge in [-0.2, -0.15) is 0 Å². The van der Waals surface area contributed by atoms with Crippen molar-refractivity contribution in [1.29, 1.82) is 0 Å². The quantitative estimate of drug-likeness (QED) is 0.747. The Hall–Kier alpha value is -1.88. The summed E-state index contributed by atoms with van der Waals surface area (Å²) in [7, 11) is 0. The summed E-state index contributed by atoms with van der Waals surface area (Å²) in [5.74, 6) is 0.152. The number of amides is 3. The van der Waals surface area contributed by atoms with Crippen LogP contribution in [0.3, 0.4) is 0 Å². The van der Waals surface area contributed by atoms with E-state index in [0.717, 1.165) is 25.7 Å². The molecule has 0 saturated heterocycles. The van der Waals surface area contributed by atoms with E-state index >= 15 is 0 Å². The Morgan fingerprint density at radius 2 is 1.83 bits per heavy atom. The van der Waals surface area contributed by atoms with Gasteiger partial charge in [0.2, 0.25) is 0 Å². The Labute approximate surface area is 138 Å². The Morgan fingerprint density at radius 3 is 2.43 bits per heavy atom. The van der Waals surface area contributed by atoms with E-state index in [1.54, 1.807) is 0 Å². The second-order valence-electron chi connectivity index (χ2n) is 6.62. The van der Waals surface area contributed by atoms with Gasteiger partial charge in [0, 0.05) is 17.5 Å². The predicted molar refractivity (Wildman–Crippen MR) is 89.7 cm³/mol. The van der Waals surface area contributed by atoms with Crippen molar-refractivity contribution >= 4 is 11.9 Å². The number of hydrogen-bond donors (Lipinski definition) is 3. The Balaban J connectivity index is 1.78. The number of urea groups is 1. The van der Waals surface area contributed by atoms with Crippen LogP contribution in [-0.4, -0.2) is 24.5 Å². The number of nitrogens with one attached hydrogen (secondary N) is 2. The summed E-state index contributed by atoms with van der Waals surface area (Å²) in [6.45, 7) is 4.52. The number of imide groups is 1. The Bertz CT molecular complexity index is 510. The van der Waals surface area contributed by atoms with Gasteiger partial charge < -0.3 is 10.6 Å². The molecule has 0 aliphatic heterocycles. The number of rotatable bonds is 6. The lowest BCUT2D eigenvalue weighted by atomic mass is 9.96. The molecule has 1 saturated carbocycles. The molecule has 0 unspecified atom stereocenters. The molecular formula is C18H28N3O2+. The zero-order valence-electron chi connectivity index (χ0n) is 14.0. The number of quaternary nitrogens is 1. The van der Waals surface area contributed by atoms with Gasteiger partial charge in [-0.3, -0.25) is 10.1 Å². The third-order valence-electron chi connectivity index (χ3n) is 4.40. The van der Waals surface area contributed by atoms with E-state index < -0.39 is 0 Å². The van der Waals surface area contributed by atoms with Gasteiger partial charge in [0.1, 0.15) is 6.04 Å². The van der Waals surface area contributed by atoms with Crippen LogP contribution >= 0.6 is 0 Å². The first kappa shape index (κ1) is 17.5. The molecule has 1 aliphatic carbocycles. The predicted octanol–water partition coefficient (Wildman–Crippen LogP) is 1.72. The van der Waals surface area contributed by atoms with Crippen LogP contribution in [0.2, 0.25) is 0 Å². The van der Waals surface area contributed by atoms with Gasteiger partial charge in [0.15, 0.2) is 6.54 Å². The molecule has 5 heteroatoms. The van der Waals surface area contributed by atoms with Gasteiger partial charge in [-0.05, 0) is 12.8 Å². The van der Waals surface area contributed by atoms with Crippen LogP contribution in [0.4, 0.5) is 4.79 Å². The van der Waals surface area contributed by atoms with E-state index in [2.05, 4.69) is 36.6 Å². The SMILES string of the molecule is CC(C)[C@H]([NH2+]CC(=O)NC(=O)NC1CCCC1)c1ccccc1. The molecule has 1 aliphatic rings. The van der Waals surface area contributed by atoms with Gasteiger partial charge in [-0.15, -0.1) is 0 Å². The molecule has 0 aromatic heterocycles. The number of nitrogens with two attached hydrogens (primary N) is 1. The highest BCUT2D eigenvalue weighted by Gasteiger charge is 2.22. The minimum atomic E-state index is -0.365. The zero-order chi connectivity index (χ0) is 16.7. The maximum atomic E-state index is 12.0. The number of carbonyl (C=O) groups is 2. The maximum Gasteiger partial charge on any atom is 0.321 e. The van der Waals surface area contributed by atoms with Gasteiger partial charge in [-0.1, -0.05) is 57.0 Å². The third kappa shape index (κ3) is 5.67. The van der Waals surface area contributed by atoms with Gasteiger partial charge in [0.05, 0.1) is 0 Å². The van der Waals surface area contributed by atoms with E-state index in [4.69, 9.17) is 0 Å². The first-order chi connectivity index (χ1) is 11.1. The highest BCUT2D eigenvalue weighted by atomic mass is 16.2. The molecule has 4 N–H and O–H groups in total. The first-order valence-electron chi connectivity index (χ1n) is 8.55. The number of benzene rings is 1. The van der Waals surface area contributed by atoms with E-state index in [1.807, 2.05) is 23.5 Å². The van der Waals surface area contributed by atoms with E-state index in [9.17, 15) is 9.59 Å². The molecule has 1 atom stereocenters. The molecule has 1 fully saturated rings. The summed E-state index contributed by atoms with van der Waals surface area (Å²) in [5, 5.41) is 7.30. The van der Waals surface area contributed by atoms with Crippen molar-refractivity contribution in [2.45, 2.75) is 51.6 Å². The van der Waals surface area contributed by atoms with Crippen molar-refractivity contribution in [1.82, 2.24) is 10.6 Å². The summed E-state index contributed by atoms with van der Waals surface area (Å²) in [5.41, 5.74) is 1.20. The van der Waals surface area contributed by atoms with Crippen molar-refractivity contribution in [2.75, 3.05) is 6.54 Å². The molecule has 3 amide bonds. The minimum absolute atomic E-state index is 0.208. The van der Waals surface area contributed by atoms with Crippen LogP contribution in [-0.2, 0) is 4.79 Å². The number of carbonyl (C=O) groups excluding carboxylic acids is 2. The van der Waals surface area contributed by atoms with E-state index in [1.165, 1.54) is 5.56 Å². The van der Waals surface area contributed by atoms with Gasteiger partial charge in [0.25, 0.3) is 5.91 Å². The average Bonchev–Trinajstić information content (AvgIpc) is 3.00. The third-order valence-corrected chi connectivity index (χ3v) is 4.40. The fraction of sp³-hybridized carbons (Fsp3) is 0.556. The van der Waals surface area contributed by atoms with E-state index in [0.29, 0.717) is 5.92 Å². The largest absolute Gasteiger partial charge is 0.335 e. The van der Waals surface area contributed by atoms with Gasteiger partial charge in [-0.25, -0.2) is 4.79 Å². The number of hydrogen-bond acceptors (Lipinski definition) is 2. The zero-order valence-corrected chi connectivity index (χ0v) is 14.0. The van der Waals surface area contributed by atoms with Crippen LogP contribution in [0.25, 0.3) is 0 Å². The Morgan fingerprint density at radius 1 is 1.17 bits per heavy atom. The van der Waals surface area contributed by atoms with Crippen LogP contribution in [0, 0.1) is 5.92 Å². The second kappa shape index (κ2) is 8.67. The first-order valence-corrected chi connectivity index (χ1v) is 8.55. The molecule has 5 nitrogen and oxygen atoms in total. The summed E-state index contributed by atoms with van der Waals surface area (Å²) < 4.78 is 0. The molecule has 0 radical (unpaired) electrons. The fourth-order valence-electron chi connectivity index (χ4n) is 3.17. The van der Waals surface area contributed by atoms with Crippen LogP contribution in [0.15, 0.2) is 30.3 Å². The van der Waals surface area contributed by atoms with Gasteiger partial charge >= 0.3 is 6.03 Å². The molecule has 1 aromatic carbocycles. The van der Waals surface area contributed by atoms with Crippen molar-refractivity contribution < 1.29 is 14.9 Å². The lowest BCUT2D eigenvalue weighted by Crippen LogP contribution is -2.88. The van der Waals surface area contributed by atoms with Crippen molar-refractivity contribution in [3.8, 4) is 0 Å². The lowest BCUT2D eigenvalue weighted by Gasteiger charge is -2.19. The highest BCUT2D eigenvalue weighted by molar-refractivity contribution is 5.94. The smallest absolute Gasteiger partial charge is 0.321 e. The standard InChI is InChI=1S/C18H27N3O2/c1-13(2)17(14-8-4-3-5-9-14)19-12-16(22)21-18(23)20-15-10-6-7-11-15/h3-5,8-9,13,15,17,19H,6-7,10-12H2,1-2H3,(H2,20,21,22,23)/p+1/t17-/m0/s1. The van der Waals surface area contributed by atoms with Crippen molar-refractivity contribution in [2.24, 2.45) is 5.92 Å². The normalized spacial score (nSPS) is 16.3. The molecule has 2 rings (SSSR count). The topological polar surface area (TPSA) is 74.8 Å². The van der Waals surface area contributed by atoms with Crippen molar-refractivity contribution in [3.05, 3.63) is 35.9 Å². The maximum absolute atomic E-state index is 12.0. The summed E-state index contributed by atoms with van der Waals surface area (Å²) in [4.78, 5) is 23.8. The summed E-state index contributed by atoms with van der Waals surface area (Å²) in [6, 6.07) is 10.2. The molecule has 0 bridgehead atoms. The fourth-order valence-corrected chi connectivity index (χ4v) is 3.17. The lowest BCUT2D eigenvalue weighted by molar-refractivity contribution is -0.692. The summed E-state index contributed by atoms with van der Waals surface area (Å²) in [6.07, 6.45) is 4.33. The average molecular weight is 318 g/mol. The van der Waals surface area contributed by atoms with Crippen molar-refractivity contribution in [3.63, 3.8) is 0 Å². The summed E-state index contributed by atoms with van der Waals surface area (Å²) >= 11 is 0. The van der Waals surface area contributed by atoms with E-state index in [-0.39, 0.29) is 30.6 Å². The molecule has 23 heavy (non-hydrogen) atoms. The molecule has 0 spiro atoms. The molecular weight excluding hydrogens is 290 g/mol.